The molecule has 1 fully saturated rings. The number of anilines is 1. The van der Waals surface area contributed by atoms with Gasteiger partial charge in [-0.25, -0.2) is 4.98 Å². The molecule has 1 unspecified atom stereocenters. The maximum absolute atomic E-state index is 12.3. The number of hydrogen-bond acceptors (Lipinski definition) is 5. The average Bonchev–Trinajstić information content (AvgIpc) is 3.22. The zero-order chi connectivity index (χ0) is 16.1. The van der Waals surface area contributed by atoms with Crippen molar-refractivity contribution in [1.29, 1.82) is 0 Å². The van der Waals surface area contributed by atoms with Crippen LogP contribution < -0.4 is 10.2 Å². The molecule has 1 aromatic heterocycles. The molecule has 122 valence electrons. The Kier molecular flexibility index (Phi) is 5.23. The van der Waals surface area contributed by atoms with E-state index in [2.05, 4.69) is 38.6 Å². The third-order valence-corrected chi connectivity index (χ3v) is 4.80. The molecular formula is C17H22N4OS. The Bertz CT molecular complexity index is 643. The minimum Gasteiger partial charge on any atom is -0.354 e. The Morgan fingerprint density at radius 1 is 1.39 bits per heavy atom. The summed E-state index contributed by atoms with van der Waals surface area (Å²) in [6.07, 6.45) is 3.61. The van der Waals surface area contributed by atoms with E-state index in [-0.39, 0.29) is 11.9 Å². The van der Waals surface area contributed by atoms with Gasteiger partial charge in [-0.05, 0) is 24.8 Å². The van der Waals surface area contributed by atoms with Gasteiger partial charge in [-0.3, -0.25) is 4.79 Å². The lowest BCUT2D eigenvalue weighted by molar-refractivity contribution is -0.122. The van der Waals surface area contributed by atoms with Crippen molar-refractivity contribution in [3.05, 3.63) is 41.7 Å². The highest BCUT2D eigenvalue weighted by atomic mass is 32.1. The molecule has 23 heavy (non-hydrogen) atoms. The lowest BCUT2D eigenvalue weighted by Crippen LogP contribution is -2.43. The molecule has 1 aliphatic rings. The number of hydrogen-bond donors (Lipinski definition) is 1. The van der Waals surface area contributed by atoms with Crippen LogP contribution in [-0.4, -0.2) is 34.4 Å². The number of aromatic nitrogens is 2. The van der Waals surface area contributed by atoms with Gasteiger partial charge < -0.3 is 10.2 Å². The van der Waals surface area contributed by atoms with E-state index in [0.717, 1.165) is 49.7 Å². The van der Waals surface area contributed by atoms with Crippen molar-refractivity contribution in [2.75, 3.05) is 18.0 Å². The summed E-state index contributed by atoms with van der Waals surface area (Å²) in [4.78, 5) is 19.1. The summed E-state index contributed by atoms with van der Waals surface area (Å²) < 4.78 is 4.47. The van der Waals surface area contributed by atoms with E-state index in [4.69, 9.17) is 0 Å². The third kappa shape index (κ3) is 3.88. The first kappa shape index (κ1) is 15.9. The van der Waals surface area contributed by atoms with Crippen LogP contribution in [0.3, 0.4) is 0 Å². The van der Waals surface area contributed by atoms with Crippen LogP contribution in [0.1, 0.15) is 37.6 Å². The molecule has 3 rings (SSSR count). The van der Waals surface area contributed by atoms with Crippen LogP contribution in [0, 0.1) is 0 Å². The van der Waals surface area contributed by atoms with Gasteiger partial charge in [0.05, 0.1) is 0 Å². The number of amides is 1. The number of carbonyl (C=O) groups excluding carboxylic acids is 1. The molecule has 1 saturated heterocycles. The molecule has 0 aliphatic carbocycles. The van der Waals surface area contributed by atoms with E-state index < -0.39 is 0 Å². The molecule has 0 spiro atoms. The van der Waals surface area contributed by atoms with Crippen LogP contribution in [-0.2, 0) is 11.2 Å². The van der Waals surface area contributed by atoms with Crippen molar-refractivity contribution < 1.29 is 4.79 Å². The lowest BCUT2D eigenvalue weighted by Gasteiger charge is -2.22. The Balaban J connectivity index is 1.68. The lowest BCUT2D eigenvalue weighted by atomic mass is 10.1. The first-order valence-electron chi connectivity index (χ1n) is 8.19. The molecule has 6 heteroatoms. The molecule has 5 nitrogen and oxygen atoms in total. The number of benzene rings is 1. The highest BCUT2D eigenvalue weighted by Gasteiger charge is 2.32. The SMILES string of the molecule is CCCNC(=O)C1CCCN1c1nc(Cc2ccccc2)ns1. The second-order valence-corrected chi connectivity index (χ2v) is 6.53. The van der Waals surface area contributed by atoms with Crippen molar-refractivity contribution >= 4 is 22.6 Å². The van der Waals surface area contributed by atoms with Gasteiger partial charge in [0.1, 0.15) is 11.9 Å². The summed E-state index contributed by atoms with van der Waals surface area (Å²) in [6.45, 7) is 3.68. The largest absolute Gasteiger partial charge is 0.354 e. The monoisotopic (exact) mass is 330 g/mol. The second-order valence-electron chi connectivity index (χ2n) is 5.80. The normalized spacial score (nSPS) is 17.4. The molecule has 1 N–H and O–H groups in total. The van der Waals surface area contributed by atoms with E-state index in [0.29, 0.717) is 0 Å². The van der Waals surface area contributed by atoms with Gasteiger partial charge in [0.25, 0.3) is 0 Å². The van der Waals surface area contributed by atoms with Crippen molar-refractivity contribution in [2.45, 2.75) is 38.6 Å². The molecule has 1 aromatic carbocycles. The van der Waals surface area contributed by atoms with Crippen molar-refractivity contribution in [3.63, 3.8) is 0 Å². The summed E-state index contributed by atoms with van der Waals surface area (Å²) in [6, 6.07) is 10.1. The molecule has 1 aliphatic heterocycles. The van der Waals surface area contributed by atoms with Crippen LogP contribution in [0.25, 0.3) is 0 Å². The van der Waals surface area contributed by atoms with E-state index >= 15 is 0 Å². The standard InChI is InChI=1S/C17H22N4OS/c1-2-10-18-16(22)14-9-6-11-21(14)17-19-15(20-23-17)12-13-7-4-3-5-8-13/h3-5,7-8,14H,2,6,9-12H2,1H3,(H,18,22). The molecule has 2 aromatic rings. The van der Waals surface area contributed by atoms with Crippen molar-refractivity contribution in [3.8, 4) is 0 Å². The fourth-order valence-corrected chi connectivity index (χ4v) is 3.61. The van der Waals surface area contributed by atoms with Gasteiger partial charge in [0.15, 0.2) is 0 Å². The van der Waals surface area contributed by atoms with E-state index in [9.17, 15) is 4.79 Å². The molecule has 1 atom stereocenters. The molecule has 0 saturated carbocycles. The zero-order valence-corrected chi connectivity index (χ0v) is 14.2. The Labute approximate surface area is 140 Å². The van der Waals surface area contributed by atoms with Crippen molar-refractivity contribution in [2.24, 2.45) is 0 Å². The number of nitrogens with one attached hydrogen (secondary N) is 1. The summed E-state index contributed by atoms with van der Waals surface area (Å²) >= 11 is 1.40. The minimum absolute atomic E-state index is 0.0981. The molecule has 0 radical (unpaired) electrons. The van der Waals surface area contributed by atoms with Crippen LogP contribution in [0.2, 0.25) is 0 Å². The maximum atomic E-state index is 12.3. The number of nitrogens with zero attached hydrogens (tertiary/aromatic N) is 3. The first-order valence-corrected chi connectivity index (χ1v) is 8.96. The van der Waals surface area contributed by atoms with Gasteiger partial charge in [-0.15, -0.1) is 0 Å². The fourth-order valence-electron chi connectivity index (χ4n) is 2.85. The van der Waals surface area contributed by atoms with E-state index in [1.54, 1.807) is 0 Å². The average molecular weight is 330 g/mol. The third-order valence-electron chi connectivity index (χ3n) is 4.01. The summed E-state index contributed by atoms with van der Waals surface area (Å²) in [7, 11) is 0. The molecule has 1 amide bonds. The predicted octanol–water partition coefficient (Wildman–Crippen LogP) is 2.62. The molecule has 2 heterocycles. The predicted molar refractivity (Wildman–Crippen MR) is 92.8 cm³/mol. The highest BCUT2D eigenvalue weighted by molar-refractivity contribution is 7.09. The number of carbonyl (C=O) groups is 1. The Morgan fingerprint density at radius 3 is 3.00 bits per heavy atom. The van der Waals surface area contributed by atoms with Crippen LogP contribution >= 0.6 is 11.5 Å². The quantitative estimate of drug-likeness (QED) is 0.884. The summed E-state index contributed by atoms with van der Waals surface area (Å²) in [5.41, 5.74) is 1.20. The molecule has 0 bridgehead atoms. The Hall–Kier alpha value is -1.95. The van der Waals surface area contributed by atoms with Crippen LogP contribution in [0.5, 0.6) is 0 Å². The van der Waals surface area contributed by atoms with Gasteiger partial charge in [0, 0.05) is 31.0 Å². The smallest absolute Gasteiger partial charge is 0.242 e. The van der Waals surface area contributed by atoms with Gasteiger partial charge in [-0.2, -0.15) is 4.37 Å². The van der Waals surface area contributed by atoms with Gasteiger partial charge >= 0.3 is 0 Å². The second kappa shape index (κ2) is 7.55. The summed E-state index contributed by atoms with van der Waals surface area (Å²) in [5, 5.41) is 3.86. The first-order chi connectivity index (χ1) is 11.3. The number of rotatable bonds is 6. The van der Waals surface area contributed by atoms with Gasteiger partial charge in [-0.1, -0.05) is 37.3 Å². The zero-order valence-electron chi connectivity index (χ0n) is 13.4. The Morgan fingerprint density at radius 2 is 2.22 bits per heavy atom. The van der Waals surface area contributed by atoms with Crippen LogP contribution in [0.4, 0.5) is 5.13 Å². The van der Waals surface area contributed by atoms with E-state index in [1.165, 1.54) is 17.1 Å². The molecular weight excluding hydrogens is 308 g/mol. The topological polar surface area (TPSA) is 58.1 Å². The van der Waals surface area contributed by atoms with Gasteiger partial charge in [0.2, 0.25) is 11.0 Å². The van der Waals surface area contributed by atoms with E-state index in [1.807, 2.05) is 18.2 Å². The maximum Gasteiger partial charge on any atom is 0.242 e. The minimum atomic E-state index is -0.0981. The summed E-state index contributed by atoms with van der Waals surface area (Å²) in [5.74, 6) is 0.944. The highest BCUT2D eigenvalue weighted by Crippen LogP contribution is 2.27. The van der Waals surface area contributed by atoms with Crippen LogP contribution in [0.15, 0.2) is 30.3 Å². The fraction of sp³-hybridized carbons (Fsp3) is 0.471. The van der Waals surface area contributed by atoms with Crippen molar-refractivity contribution in [1.82, 2.24) is 14.7 Å².